The molecule has 0 rings (SSSR count). The van der Waals surface area contributed by atoms with Gasteiger partial charge in [0, 0.05) is 13.1 Å². The molecule has 0 aliphatic heterocycles. The van der Waals surface area contributed by atoms with Gasteiger partial charge in [-0.25, -0.2) is 9.80 Å². The molecule has 8 heteroatoms. The van der Waals surface area contributed by atoms with E-state index < -0.39 is 0 Å². The summed E-state index contributed by atoms with van der Waals surface area (Å²) >= 11 is 0. The first-order chi connectivity index (χ1) is 10.5. The van der Waals surface area contributed by atoms with Gasteiger partial charge in [-0.15, -0.1) is 0 Å². The lowest BCUT2D eigenvalue weighted by Crippen LogP contribution is -2.33. The van der Waals surface area contributed by atoms with Gasteiger partial charge < -0.3 is 11.5 Å². The highest BCUT2D eigenvalue weighted by Crippen LogP contribution is 2.09. The van der Waals surface area contributed by atoms with Crippen LogP contribution in [0.25, 0.3) is 0 Å². The van der Waals surface area contributed by atoms with Gasteiger partial charge in [0.15, 0.2) is 12.4 Å². The average Bonchev–Trinajstić information content (AvgIpc) is 2.47. The maximum Gasteiger partial charge on any atom is 0.201 e. The normalized spacial score (nSPS) is 9.55. The van der Waals surface area contributed by atoms with Crippen LogP contribution in [0.2, 0.25) is 0 Å². The molecule has 0 spiro atoms. The minimum absolute atomic E-state index is 0.195. The maximum absolute atomic E-state index is 8.72. The van der Waals surface area contributed by atoms with Gasteiger partial charge in [0.05, 0.1) is 0 Å². The lowest BCUT2D eigenvalue weighted by atomic mass is 10.1. The van der Waals surface area contributed by atoms with E-state index in [0.717, 1.165) is 51.4 Å². The van der Waals surface area contributed by atoms with Crippen LogP contribution in [0, 0.1) is 33.7 Å². The fourth-order valence-electron chi connectivity index (χ4n) is 2.05. The second-order valence-corrected chi connectivity index (χ2v) is 5.10. The summed E-state index contributed by atoms with van der Waals surface area (Å²) in [5, 5.41) is 31.8. The highest BCUT2D eigenvalue weighted by Gasteiger charge is 2.04. The first-order valence-electron chi connectivity index (χ1n) is 7.55. The SMILES string of the molecule is N#CN(CCCCCCCCCCN(C#N)C(=N)N)C(=N)N. The van der Waals surface area contributed by atoms with Gasteiger partial charge in [-0.3, -0.25) is 10.8 Å². The number of hydrogen-bond acceptors (Lipinski definition) is 4. The molecule has 0 aromatic rings. The maximum atomic E-state index is 8.72. The fraction of sp³-hybridized carbons (Fsp3) is 0.714. The van der Waals surface area contributed by atoms with Gasteiger partial charge in [0.25, 0.3) is 0 Å². The number of rotatable bonds is 11. The van der Waals surface area contributed by atoms with Gasteiger partial charge in [-0.05, 0) is 12.8 Å². The molecule has 0 saturated heterocycles. The van der Waals surface area contributed by atoms with E-state index in [2.05, 4.69) is 0 Å². The molecule has 6 N–H and O–H groups in total. The number of nitriles is 2. The summed E-state index contributed by atoms with van der Waals surface area (Å²) in [7, 11) is 0. The largest absolute Gasteiger partial charge is 0.369 e. The second kappa shape index (κ2) is 12.3. The first-order valence-corrected chi connectivity index (χ1v) is 7.55. The molecule has 0 bridgehead atoms. The summed E-state index contributed by atoms with van der Waals surface area (Å²) in [5.41, 5.74) is 10.5. The van der Waals surface area contributed by atoms with Crippen molar-refractivity contribution >= 4 is 11.9 Å². The van der Waals surface area contributed by atoms with E-state index in [9.17, 15) is 0 Å². The van der Waals surface area contributed by atoms with E-state index >= 15 is 0 Å². The number of nitrogens with one attached hydrogen (secondary N) is 2. The zero-order valence-electron chi connectivity index (χ0n) is 13.0. The van der Waals surface area contributed by atoms with Crippen LogP contribution < -0.4 is 11.5 Å². The standard InChI is InChI=1S/C14H26N8/c15-11-21(13(17)18)9-7-5-3-1-2-4-6-8-10-22(12-16)14(19)20/h1-10H2,(H3,17,18)(H3,19,20). The topological polar surface area (TPSA) is 154 Å². The van der Waals surface area contributed by atoms with E-state index in [4.69, 9.17) is 32.8 Å². The smallest absolute Gasteiger partial charge is 0.201 e. The van der Waals surface area contributed by atoms with Crippen molar-refractivity contribution in [2.24, 2.45) is 11.5 Å². The molecule has 0 saturated carbocycles. The number of nitrogens with two attached hydrogens (primary N) is 2. The summed E-state index contributed by atoms with van der Waals surface area (Å²) in [6.07, 6.45) is 12.0. The predicted molar refractivity (Wildman–Crippen MR) is 85.4 cm³/mol. The predicted octanol–water partition coefficient (Wildman–Crippen LogP) is 1.46. The van der Waals surface area contributed by atoms with Crippen LogP contribution in [-0.4, -0.2) is 34.8 Å². The molecule has 0 amide bonds. The molecule has 0 radical (unpaired) electrons. The molecule has 22 heavy (non-hydrogen) atoms. The molecule has 122 valence electrons. The summed E-state index contributed by atoms with van der Waals surface area (Å²) < 4.78 is 0. The second-order valence-electron chi connectivity index (χ2n) is 5.10. The van der Waals surface area contributed by atoms with Crippen LogP contribution >= 0.6 is 0 Å². The summed E-state index contributed by atoms with van der Waals surface area (Å²) in [6.45, 7) is 1.03. The van der Waals surface area contributed by atoms with Crippen molar-refractivity contribution < 1.29 is 0 Å². The van der Waals surface area contributed by atoms with E-state index in [1.54, 1.807) is 0 Å². The van der Waals surface area contributed by atoms with Gasteiger partial charge in [0.2, 0.25) is 11.9 Å². The van der Waals surface area contributed by atoms with E-state index in [0.29, 0.717) is 13.1 Å². The minimum Gasteiger partial charge on any atom is -0.369 e. The molecule has 0 aromatic carbocycles. The Kier molecular flexibility index (Phi) is 10.9. The molecule has 8 nitrogen and oxygen atoms in total. The van der Waals surface area contributed by atoms with Crippen molar-refractivity contribution in [1.82, 2.24) is 9.80 Å². The van der Waals surface area contributed by atoms with Crippen LogP contribution in [-0.2, 0) is 0 Å². The molecular formula is C14H26N8. The molecule has 0 aliphatic rings. The molecule has 0 atom stereocenters. The Hall–Kier alpha value is -2.48. The Morgan fingerprint density at radius 2 is 0.955 bits per heavy atom. The molecule has 0 heterocycles. The van der Waals surface area contributed by atoms with Crippen molar-refractivity contribution in [3.05, 3.63) is 0 Å². The third-order valence-corrected chi connectivity index (χ3v) is 3.34. The lowest BCUT2D eigenvalue weighted by Gasteiger charge is -2.12. The van der Waals surface area contributed by atoms with Gasteiger partial charge in [0.1, 0.15) is 0 Å². The van der Waals surface area contributed by atoms with E-state index in [1.165, 1.54) is 9.80 Å². The van der Waals surface area contributed by atoms with Crippen LogP contribution in [0.15, 0.2) is 0 Å². The van der Waals surface area contributed by atoms with Crippen LogP contribution in [0.4, 0.5) is 0 Å². The lowest BCUT2D eigenvalue weighted by molar-refractivity contribution is 0.487. The van der Waals surface area contributed by atoms with Crippen molar-refractivity contribution in [2.75, 3.05) is 13.1 Å². The van der Waals surface area contributed by atoms with Crippen molar-refractivity contribution in [2.45, 2.75) is 51.4 Å². The van der Waals surface area contributed by atoms with Crippen molar-refractivity contribution in [3.8, 4) is 12.4 Å². The number of nitrogens with zero attached hydrogens (tertiary/aromatic N) is 4. The summed E-state index contributed by atoms with van der Waals surface area (Å²) in [6, 6.07) is 0. The van der Waals surface area contributed by atoms with Gasteiger partial charge in [-0.2, -0.15) is 10.5 Å². The first kappa shape index (κ1) is 19.5. The Morgan fingerprint density at radius 1 is 0.682 bits per heavy atom. The Bertz CT molecular complexity index is 380. The van der Waals surface area contributed by atoms with Crippen molar-refractivity contribution in [1.29, 1.82) is 21.3 Å². The number of unbranched alkanes of at least 4 members (excludes halogenated alkanes) is 7. The third-order valence-electron chi connectivity index (χ3n) is 3.34. The molecular weight excluding hydrogens is 280 g/mol. The monoisotopic (exact) mass is 306 g/mol. The molecule has 0 fully saturated rings. The Morgan fingerprint density at radius 3 is 1.18 bits per heavy atom. The highest BCUT2D eigenvalue weighted by atomic mass is 15.2. The minimum atomic E-state index is -0.195. The van der Waals surface area contributed by atoms with E-state index in [-0.39, 0.29) is 11.9 Å². The summed E-state index contributed by atoms with van der Waals surface area (Å²) in [4.78, 5) is 2.38. The average molecular weight is 306 g/mol. The zero-order valence-corrected chi connectivity index (χ0v) is 13.0. The number of guanidine groups is 2. The zero-order chi connectivity index (χ0) is 16.8. The molecule has 0 aromatic heterocycles. The van der Waals surface area contributed by atoms with Crippen LogP contribution in [0.3, 0.4) is 0 Å². The quantitative estimate of drug-likeness (QED) is 0.149. The van der Waals surface area contributed by atoms with Gasteiger partial charge in [-0.1, -0.05) is 38.5 Å². The fourth-order valence-corrected chi connectivity index (χ4v) is 2.05. The Labute approximate surface area is 132 Å². The Balaban J connectivity index is 3.42. The van der Waals surface area contributed by atoms with Crippen LogP contribution in [0.5, 0.6) is 0 Å². The highest BCUT2D eigenvalue weighted by molar-refractivity contribution is 5.76. The van der Waals surface area contributed by atoms with Gasteiger partial charge >= 0.3 is 0 Å². The molecule has 0 aliphatic carbocycles. The van der Waals surface area contributed by atoms with Crippen molar-refractivity contribution in [3.63, 3.8) is 0 Å². The van der Waals surface area contributed by atoms with E-state index in [1.807, 2.05) is 12.4 Å². The number of hydrogen-bond donors (Lipinski definition) is 4. The third kappa shape index (κ3) is 9.43. The molecule has 0 unspecified atom stereocenters. The summed E-state index contributed by atoms with van der Waals surface area (Å²) in [5.74, 6) is -0.390. The van der Waals surface area contributed by atoms with Crippen LogP contribution in [0.1, 0.15) is 51.4 Å².